The maximum atomic E-state index is 13.8. The molecule has 32 heavy (non-hydrogen) atoms. The second-order valence-electron chi connectivity index (χ2n) is 8.68. The van der Waals surface area contributed by atoms with E-state index in [9.17, 15) is 9.59 Å². The van der Waals surface area contributed by atoms with E-state index in [-0.39, 0.29) is 18.6 Å². The van der Waals surface area contributed by atoms with Crippen molar-refractivity contribution in [1.82, 2.24) is 15.1 Å². The molecule has 0 bridgehead atoms. The van der Waals surface area contributed by atoms with Gasteiger partial charge in [-0.3, -0.25) is 9.69 Å². The first-order chi connectivity index (χ1) is 15.4. The summed E-state index contributed by atoms with van der Waals surface area (Å²) in [7, 11) is 1.93. The van der Waals surface area contributed by atoms with Crippen molar-refractivity contribution < 1.29 is 9.59 Å². The largest absolute Gasteiger partial charge is 0.326 e. The van der Waals surface area contributed by atoms with E-state index in [1.165, 1.54) is 21.6 Å². The predicted molar refractivity (Wildman–Crippen MR) is 126 cm³/mol. The van der Waals surface area contributed by atoms with Crippen molar-refractivity contribution in [3.05, 3.63) is 107 Å². The minimum absolute atomic E-state index is 0.218. The Kier molecular flexibility index (Phi) is 6.10. The predicted octanol–water partition coefficient (Wildman–Crippen LogP) is 4.38. The molecule has 1 N–H and O–H groups in total. The van der Waals surface area contributed by atoms with Crippen LogP contribution in [0.5, 0.6) is 0 Å². The SMILES string of the molecule is Cc1ccc(CN(C)CN2C(=O)N[C@@](Cc3ccccc3)(c3ccccc3)C2=O)c(C)c1. The number of hydrogen-bond donors (Lipinski definition) is 1. The Hall–Kier alpha value is -3.44. The van der Waals surface area contributed by atoms with Crippen LogP contribution < -0.4 is 5.32 Å². The lowest BCUT2D eigenvalue weighted by Crippen LogP contribution is -2.46. The van der Waals surface area contributed by atoms with E-state index < -0.39 is 5.54 Å². The molecule has 3 aromatic rings. The highest BCUT2D eigenvalue weighted by molar-refractivity contribution is 6.07. The van der Waals surface area contributed by atoms with Crippen molar-refractivity contribution in [2.75, 3.05) is 13.7 Å². The smallest absolute Gasteiger partial charge is 0.319 e. The van der Waals surface area contributed by atoms with Crippen LogP contribution in [0, 0.1) is 13.8 Å². The maximum Gasteiger partial charge on any atom is 0.326 e. The number of imide groups is 1. The van der Waals surface area contributed by atoms with Gasteiger partial charge in [-0.1, -0.05) is 84.4 Å². The van der Waals surface area contributed by atoms with Gasteiger partial charge in [0.2, 0.25) is 0 Å². The van der Waals surface area contributed by atoms with Gasteiger partial charge in [0, 0.05) is 13.0 Å². The highest BCUT2D eigenvalue weighted by atomic mass is 16.2. The van der Waals surface area contributed by atoms with E-state index in [2.05, 4.69) is 37.4 Å². The van der Waals surface area contributed by atoms with Crippen LogP contribution in [0.15, 0.2) is 78.9 Å². The van der Waals surface area contributed by atoms with Gasteiger partial charge in [-0.05, 0) is 43.1 Å². The molecular weight excluding hydrogens is 398 g/mol. The van der Waals surface area contributed by atoms with Crippen LogP contribution in [0.2, 0.25) is 0 Å². The van der Waals surface area contributed by atoms with Crippen LogP contribution in [0.25, 0.3) is 0 Å². The van der Waals surface area contributed by atoms with Crippen LogP contribution in [0.3, 0.4) is 0 Å². The number of amides is 3. The Morgan fingerprint density at radius 1 is 0.906 bits per heavy atom. The average molecular weight is 428 g/mol. The quantitative estimate of drug-likeness (QED) is 0.569. The Bertz CT molecular complexity index is 1110. The lowest BCUT2D eigenvalue weighted by Gasteiger charge is -2.28. The zero-order valence-corrected chi connectivity index (χ0v) is 18.8. The van der Waals surface area contributed by atoms with Crippen LogP contribution in [-0.2, 0) is 23.3 Å². The van der Waals surface area contributed by atoms with Gasteiger partial charge in [-0.15, -0.1) is 0 Å². The van der Waals surface area contributed by atoms with Gasteiger partial charge < -0.3 is 5.32 Å². The molecule has 0 saturated carbocycles. The van der Waals surface area contributed by atoms with Crippen molar-refractivity contribution >= 4 is 11.9 Å². The molecule has 5 nitrogen and oxygen atoms in total. The van der Waals surface area contributed by atoms with Gasteiger partial charge in [-0.2, -0.15) is 0 Å². The third-order valence-electron chi connectivity index (χ3n) is 6.08. The average Bonchev–Trinajstić information content (AvgIpc) is 3.02. The molecule has 5 heteroatoms. The number of benzene rings is 3. The van der Waals surface area contributed by atoms with E-state index in [1.54, 1.807) is 0 Å². The first-order valence-electron chi connectivity index (χ1n) is 10.9. The Morgan fingerprint density at radius 2 is 1.56 bits per heavy atom. The molecule has 1 fully saturated rings. The lowest BCUT2D eigenvalue weighted by molar-refractivity contribution is -0.133. The second-order valence-corrected chi connectivity index (χ2v) is 8.68. The summed E-state index contributed by atoms with van der Waals surface area (Å²) in [6.07, 6.45) is 0.402. The van der Waals surface area contributed by atoms with Gasteiger partial charge in [0.25, 0.3) is 5.91 Å². The number of hydrogen-bond acceptors (Lipinski definition) is 3. The Morgan fingerprint density at radius 3 is 2.22 bits per heavy atom. The summed E-state index contributed by atoms with van der Waals surface area (Å²) >= 11 is 0. The molecule has 1 atom stereocenters. The standard InChI is InChI=1S/C27H29N3O2/c1-20-14-15-23(21(2)16-20)18-29(3)19-30-25(31)27(28-26(30)32,24-12-8-5-9-13-24)17-22-10-6-4-7-11-22/h4-16H,17-19H2,1-3H3,(H,28,32)/t27-/m0/s1. The molecule has 164 valence electrons. The third-order valence-corrected chi connectivity index (χ3v) is 6.08. The van der Waals surface area contributed by atoms with Crippen LogP contribution >= 0.6 is 0 Å². The van der Waals surface area contributed by atoms with Gasteiger partial charge >= 0.3 is 6.03 Å². The van der Waals surface area contributed by atoms with Gasteiger partial charge in [0.05, 0.1) is 6.67 Å². The fourth-order valence-corrected chi connectivity index (χ4v) is 4.40. The molecule has 0 aliphatic carbocycles. The summed E-state index contributed by atoms with van der Waals surface area (Å²) < 4.78 is 0. The van der Waals surface area contributed by atoms with E-state index in [0.29, 0.717) is 13.0 Å². The fourth-order valence-electron chi connectivity index (χ4n) is 4.40. The number of urea groups is 1. The van der Waals surface area contributed by atoms with Crippen LogP contribution in [0.4, 0.5) is 4.79 Å². The van der Waals surface area contributed by atoms with Crippen molar-refractivity contribution in [2.24, 2.45) is 0 Å². The number of aryl methyl sites for hydroxylation is 2. The summed E-state index contributed by atoms with van der Waals surface area (Å²) in [6, 6.07) is 25.3. The van der Waals surface area contributed by atoms with Gasteiger partial charge in [0.15, 0.2) is 5.54 Å². The fraction of sp³-hybridized carbons (Fsp3) is 0.259. The van der Waals surface area contributed by atoms with E-state index in [4.69, 9.17) is 0 Å². The third kappa shape index (κ3) is 4.30. The molecule has 1 saturated heterocycles. The number of carbonyl (C=O) groups is 2. The minimum Gasteiger partial charge on any atom is -0.319 e. The van der Waals surface area contributed by atoms with Crippen LogP contribution in [0.1, 0.15) is 27.8 Å². The summed E-state index contributed by atoms with van der Waals surface area (Å²) in [5.41, 5.74) is 4.29. The number of nitrogens with zero attached hydrogens (tertiary/aromatic N) is 2. The van der Waals surface area contributed by atoms with Crippen molar-refractivity contribution in [2.45, 2.75) is 32.4 Å². The van der Waals surface area contributed by atoms with Crippen molar-refractivity contribution in [3.63, 3.8) is 0 Å². The molecule has 3 aromatic carbocycles. The highest BCUT2D eigenvalue weighted by Gasteiger charge is 2.52. The number of carbonyl (C=O) groups excluding carboxylic acids is 2. The summed E-state index contributed by atoms with van der Waals surface area (Å²) in [4.78, 5) is 30.1. The van der Waals surface area contributed by atoms with Gasteiger partial charge in [-0.25, -0.2) is 9.69 Å². The van der Waals surface area contributed by atoms with Crippen molar-refractivity contribution in [3.8, 4) is 0 Å². The summed E-state index contributed by atoms with van der Waals surface area (Å²) in [5.74, 6) is -0.218. The summed E-state index contributed by atoms with van der Waals surface area (Å²) in [6.45, 7) is 5.04. The lowest BCUT2D eigenvalue weighted by atomic mass is 9.83. The maximum absolute atomic E-state index is 13.8. The van der Waals surface area contributed by atoms with Crippen molar-refractivity contribution in [1.29, 1.82) is 0 Å². The molecule has 0 unspecified atom stereocenters. The minimum atomic E-state index is -1.11. The first-order valence-corrected chi connectivity index (χ1v) is 10.9. The normalized spacial score (nSPS) is 18.3. The topological polar surface area (TPSA) is 52.6 Å². The zero-order valence-electron chi connectivity index (χ0n) is 18.8. The number of rotatable bonds is 7. The Balaban J connectivity index is 1.59. The monoisotopic (exact) mass is 427 g/mol. The Labute approximate surface area is 189 Å². The second kappa shape index (κ2) is 8.97. The number of nitrogens with one attached hydrogen (secondary N) is 1. The molecular formula is C27H29N3O2. The first kappa shape index (κ1) is 21.8. The summed E-state index contributed by atoms with van der Waals surface area (Å²) in [5, 5.41) is 3.03. The zero-order chi connectivity index (χ0) is 22.7. The van der Waals surface area contributed by atoms with E-state index in [0.717, 1.165) is 11.1 Å². The van der Waals surface area contributed by atoms with E-state index in [1.807, 2.05) is 72.6 Å². The van der Waals surface area contributed by atoms with Gasteiger partial charge in [0.1, 0.15) is 0 Å². The molecule has 0 spiro atoms. The molecule has 3 amide bonds. The molecule has 1 heterocycles. The molecule has 1 aliphatic rings. The highest BCUT2D eigenvalue weighted by Crippen LogP contribution is 2.33. The molecule has 1 aliphatic heterocycles. The van der Waals surface area contributed by atoms with E-state index >= 15 is 0 Å². The van der Waals surface area contributed by atoms with Crippen LogP contribution in [-0.4, -0.2) is 35.5 Å². The molecule has 0 radical (unpaired) electrons. The molecule has 0 aromatic heterocycles. The molecule has 4 rings (SSSR count).